The van der Waals surface area contributed by atoms with E-state index in [1.807, 2.05) is 60.7 Å². The third-order valence-electron chi connectivity index (χ3n) is 6.89. The standard InChI is InChI=1S/C30H25NO3S/c32-29-25-12-6-11-24-27(35-23-9-2-1-3-10-23)18-17-26(28(24)25)30(33)31(29)21-13-15-22(16-14-21)34-19-20-7-4-5-8-20/h1-3,6,9-18,20H,4-5,7-8,19H2. The lowest BCUT2D eigenvalue weighted by atomic mass is 9.93. The van der Waals surface area contributed by atoms with Crippen LogP contribution in [0.15, 0.2) is 94.7 Å². The highest BCUT2D eigenvalue weighted by Crippen LogP contribution is 2.40. The summed E-state index contributed by atoms with van der Waals surface area (Å²) in [4.78, 5) is 30.5. The summed E-state index contributed by atoms with van der Waals surface area (Å²) in [6, 6.07) is 26.9. The zero-order valence-electron chi connectivity index (χ0n) is 19.3. The Morgan fingerprint density at radius 1 is 0.771 bits per heavy atom. The van der Waals surface area contributed by atoms with Crippen LogP contribution in [0.4, 0.5) is 5.69 Å². The van der Waals surface area contributed by atoms with Gasteiger partial charge in [0.25, 0.3) is 11.8 Å². The molecule has 0 bridgehead atoms. The lowest BCUT2D eigenvalue weighted by molar-refractivity contribution is 0.0893. The van der Waals surface area contributed by atoms with Crippen LogP contribution in [0.25, 0.3) is 10.8 Å². The van der Waals surface area contributed by atoms with Crippen LogP contribution in [0.3, 0.4) is 0 Å². The summed E-state index contributed by atoms with van der Waals surface area (Å²) in [5.41, 5.74) is 1.65. The third-order valence-corrected chi connectivity index (χ3v) is 7.98. The first-order valence-corrected chi connectivity index (χ1v) is 12.9. The van der Waals surface area contributed by atoms with Gasteiger partial charge in [-0.2, -0.15) is 0 Å². The predicted octanol–water partition coefficient (Wildman–Crippen LogP) is 7.36. The van der Waals surface area contributed by atoms with Crippen LogP contribution in [-0.4, -0.2) is 18.4 Å². The van der Waals surface area contributed by atoms with E-state index in [9.17, 15) is 9.59 Å². The molecular formula is C30H25NO3S. The number of nitrogens with zero attached hydrogens (tertiary/aromatic N) is 1. The van der Waals surface area contributed by atoms with Crippen molar-refractivity contribution in [3.8, 4) is 5.75 Å². The molecule has 4 aromatic rings. The van der Waals surface area contributed by atoms with Crippen molar-refractivity contribution in [3.05, 3.63) is 96.1 Å². The number of amides is 2. The van der Waals surface area contributed by atoms with Gasteiger partial charge < -0.3 is 4.74 Å². The fraction of sp³-hybridized carbons (Fsp3) is 0.200. The van der Waals surface area contributed by atoms with E-state index < -0.39 is 0 Å². The molecule has 4 nitrogen and oxygen atoms in total. The smallest absolute Gasteiger partial charge is 0.265 e. The Hall–Kier alpha value is -3.57. The second-order valence-corrected chi connectivity index (χ2v) is 10.3. The van der Waals surface area contributed by atoms with Gasteiger partial charge in [-0.05, 0) is 78.7 Å². The lowest BCUT2D eigenvalue weighted by Gasteiger charge is -2.28. The highest BCUT2D eigenvalue weighted by molar-refractivity contribution is 7.99. The first kappa shape index (κ1) is 21.9. The van der Waals surface area contributed by atoms with Crippen molar-refractivity contribution in [2.45, 2.75) is 35.5 Å². The maximum Gasteiger partial charge on any atom is 0.265 e. The van der Waals surface area contributed by atoms with Gasteiger partial charge in [-0.1, -0.05) is 54.9 Å². The largest absolute Gasteiger partial charge is 0.493 e. The highest BCUT2D eigenvalue weighted by atomic mass is 32.2. The Bertz CT molecular complexity index is 1390. The monoisotopic (exact) mass is 479 g/mol. The summed E-state index contributed by atoms with van der Waals surface area (Å²) in [6.45, 7) is 0.722. The van der Waals surface area contributed by atoms with E-state index in [4.69, 9.17) is 4.74 Å². The van der Waals surface area contributed by atoms with Crippen LogP contribution in [0.5, 0.6) is 5.75 Å². The quantitative estimate of drug-likeness (QED) is 0.271. The Morgan fingerprint density at radius 3 is 2.23 bits per heavy atom. The Kier molecular flexibility index (Phi) is 5.78. The minimum atomic E-state index is -0.297. The molecule has 0 atom stereocenters. The lowest BCUT2D eigenvalue weighted by Crippen LogP contribution is -2.40. The van der Waals surface area contributed by atoms with Gasteiger partial charge in [-0.3, -0.25) is 9.59 Å². The van der Waals surface area contributed by atoms with Crippen molar-refractivity contribution in [3.63, 3.8) is 0 Å². The molecule has 6 rings (SSSR count). The van der Waals surface area contributed by atoms with Crippen molar-refractivity contribution in [1.29, 1.82) is 0 Å². The molecule has 0 saturated heterocycles. The van der Waals surface area contributed by atoms with Crippen LogP contribution in [-0.2, 0) is 0 Å². The number of carbonyl (C=O) groups is 2. The number of hydrogen-bond acceptors (Lipinski definition) is 4. The fourth-order valence-electron chi connectivity index (χ4n) is 5.09. The van der Waals surface area contributed by atoms with Crippen molar-refractivity contribution in [2.24, 2.45) is 5.92 Å². The van der Waals surface area contributed by atoms with Gasteiger partial charge in [0, 0.05) is 26.3 Å². The normalized spacial score (nSPS) is 15.7. The van der Waals surface area contributed by atoms with Crippen LogP contribution in [0, 0.1) is 5.92 Å². The van der Waals surface area contributed by atoms with Crippen LogP contribution in [0.2, 0.25) is 0 Å². The van der Waals surface area contributed by atoms with Crippen molar-refractivity contribution in [1.82, 2.24) is 0 Å². The van der Waals surface area contributed by atoms with E-state index in [0.717, 1.165) is 32.9 Å². The van der Waals surface area contributed by atoms with E-state index in [1.54, 1.807) is 23.9 Å². The maximum atomic E-state index is 13.5. The first-order chi connectivity index (χ1) is 17.2. The summed E-state index contributed by atoms with van der Waals surface area (Å²) in [7, 11) is 0. The molecule has 0 aromatic heterocycles. The van der Waals surface area contributed by atoms with E-state index in [2.05, 4.69) is 12.1 Å². The van der Waals surface area contributed by atoms with Crippen molar-refractivity contribution in [2.75, 3.05) is 11.5 Å². The Morgan fingerprint density at radius 2 is 1.49 bits per heavy atom. The number of anilines is 1. The zero-order valence-corrected chi connectivity index (χ0v) is 20.1. The highest BCUT2D eigenvalue weighted by Gasteiger charge is 2.34. The minimum Gasteiger partial charge on any atom is -0.493 e. The Balaban J connectivity index is 1.30. The number of ether oxygens (including phenoxy) is 1. The topological polar surface area (TPSA) is 46.6 Å². The summed E-state index contributed by atoms with van der Waals surface area (Å²) in [5.74, 6) is 0.800. The minimum absolute atomic E-state index is 0.297. The second-order valence-electron chi connectivity index (χ2n) is 9.16. The van der Waals surface area contributed by atoms with Gasteiger partial charge in [0.2, 0.25) is 0 Å². The molecule has 5 heteroatoms. The molecule has 1 aliphatic carbocycles. The molecule has 1 heterocycles. The van der Waals surface area contributed by atoms with Crippen LogP contribution < -0.4 is 9.64 Å². The molecule has 0 N–H and O–H groups in total. The van der Waals surface area contributed by atoms with Crippen LogP contribution in [0.1, 0.15) is 46.4 Å². The molecule has 1 fully saturated rings. The molecule has 0 unspecified atom stereocenters. The summed E-state index contributed by atoms with van der Waals surface area (Å²) >= 11 is 1.63. The molecule has 1 saturated carbocycles. The van der Waals surface area contributed by atoms with Gasteiger partial charge in [-0.15, -0.1) is 0 Å². The Labute approximate surface area is 208 Å². The first-order valence-electron chi connectivity index (χ1n) is 12.1. The van der Waals surface area contributed by atoms with E-state index in [-0.39, 0.29) is 11.8 Å². The molecule has 35 heavy (non-hydrogen) atoms. The second kappa shape index (κ2) is 9.23. The fourth-order valence-corrected chi connectivity index (χ4v) is 6.05. The summed E-state index contributed by atoms with van der Waals surface area (Å²) < 4.78 is 5.96. The number of rotatable bonds is 6. The summed E-state index contributed by atoms with van der Waals surface area (Å²) in [5, 5.41) is 1.65. The molecule has 174 valence electrons. The van der Waals surface area contributed by atoms with Gasteiger partial charge in [0.05, 0.1) is 12.3 Å². The average molecular weight is 480 g/mol. The number of carbonyl (C=O) groups excluding carboxylic acids is 2. The molecule has 0 spiro atoms. The van der Waals surface area contributed by atoms with E-state index in [1.165, 1.54) is 30.6 Å². The SMILES string of the molecule is O=C1c2cccc3c(Sc4ccccc4)ccc(c23)C(=O)N1c1ccc(OCC2CCCC2)cc1. The van der Waals surface area contributed by atoms with Gasteiger partial charge in [-0.25, -0.2) is 4.90 Å². The zero-order chi connectivity index (χ0) is 23.8. The molecule has 4 aromatic carbocycles. The number of benzene rings is 4. The molecule has 2 aliphatic rings. The van der Waals surface area contributed by atoms with Gasteiger partial charge in [0.1, 0.15) is 5.75 Å². The van der Waals surface area contributed by atoms with Crippen molar-refractivity contribution < 1.29 is 14.3 Å². The van der Waals surface area contributed by atoms with Gasteiger partial charge in [0.15, 0.2) is 0 Å². The molecule has 0 radical (unpaired) electrons. The summed E-state index contributed by atoms with van der Waals surface area (Å²) in [6.07, 6.45) is 5.02. The predicted molar refractivity (Wildman–Crippen MR) is 140 cm³/mol. The van der Waals surface area contributed by atoms with Crippen LogP contribution >= 0.6 is 11.8 Å². The molecular weight excluding hydrogens is 454 g/mol. The number of imide groups is 1. The number of hydrogen-bond donors (Lipinski definition) is 0. The van der Waals surface area contributed by atoms with E-state index in [0.29, 0.717) is 22.7 Å². The average Bonchev–Trinajstić information content (AvgIpc) is 3.42. The molecule has 1 aliphatic heterocycles. The van der Waals surface area contributed by atoms with E-state index >= 15 is 0 Å². The third kappa shape index (κ3) is 4.10. The van der Waals surface area contributed by atoms with Crippen molar-refractivity contribution >= 4 is 40.0 Å². The molecule has 2 amide bonds. The van der Waals surface area contributed by atoms with Gasteiger partial charge >= 0.3 is 0 Å². The maximum absolute atomic E-state index is 13.5.